The maximum Gasteiger partial charge on any atom is 0.296 e. The van der Waals surface area contributed by atoms with Crippen LogP contribution in [0.5, 0.6) is 11.5 Å². The number of thiophene rings is 2. The van der Waals surface area contributed by atoms with Crippen molar-refractivity contribution in [3.05, 3.63) is 412 Å². The molecule has 5 amide bonds. The van der Waals surface area contributed by atoms with Crippen LogP contribution in [0.2, 0.25) is 5.02 Å². The molecule has 0 aliphatic rings. The molecule has 0 atom stereocenters. The van der Waals surface area contributed by atoms with Gasteiger partial charge in [-0.1, -0.05) is 129 Å². The van der Waals surface area contributed by atoms with Gasteiger partial charge < -0.3 is 53.3 Å². The molecule has 11 N–H and O–H groups in total. The molecule has 31 nitrogen and oxygen atoms in total. The molecule has 18 aromatic rings. The van der Waals surface area contributed by atoms with Gasteiger partial charge in [0.2, 0.25) is 0 Å². The number of ether oxygens (including phenoxy) is 2. The maximum atomic E-state index is 12.5. The molecule has 0 saturated heterocycles. The topological polar surface area (TPSA) is 417 Å². The Kier molecular flexibility index (Phi) is 31.4. The SMILES string of the molecule is CCc1cc(CC)n(-c2ccc(NC(=O)c3ccc(Cl)cc3)cc2N)n1.COc1ccc(C(=O)Nc2ccc(-n3nc(C)cc3-c3ccccc3)c(N)c2)cc1.COc1ccc(C(=O)Nc2ccc(-n3nc(C)cc3C)c([N+](=O)[O-])c2)cc1.Cc1cc(-c2ccccc2)nn1-c1ccc(NC(=O)c2cccs2)cc1N.Cc1cc(-c2ccccc2)nn1-c1ccc(NC(=O)c2cccs2)cc1[N+](=O)[O-]. The van der Waals surface area contributed by atoms with Crippen LogP contribution in [0, 0.1) is 54.8 Å². The third kappa shape index (κ3) is 24.3. The number of nitrogens with zero attached hydrogens (tertiary/aromatic N) is 12. The number of nitrogens with two attached hydrogens (primary N) is 3. The third-order valence-electron chi connectivity index (χ3n) is 21.5. The minimum absolute atomic E-state index is 0.139. The lowest BCUT2D eigenvalue weighted by Crippen LogP contribution is -2.12. The number of aryl methyl sites for hydroxylation is 7. The zero-order chi connectivity index (χ0) is 98.5. The molecule has 0 saturated carbocycles. The molecule has 7 heterocycles. The Labute approximate surface area is 812 Å². The monoisotopic (exact) mass is 1910 g/mol. The largest absolute Gasteiger partial charge is 0.497 e. The molecule has 0 fully saturated rings. The second kappa shape index (κ2) is 44.9. The van der Waals surface area contributed by atoms with Gasteiger partial charge in [-0.15, -0.1) is 22.7 Å². The summed E-state index contributed by atoms with van der Waals surface area (Å²) in [4.78, 5) is 85.1. The van der Waals surface area contributed by atoms with E-state index in [0.717, 1.165) is 104 Å². The molecule has 0 aliphatic carbocycles. The zero-order valence-corrected chi connectivity index (χ0v) is 79.2. The van der Waals surface area contributed by atoms with Crippen LogP contribution in [0.1, 0.15) is 104 Å². The molecule has 0 bridgehead atoms. The summed E-state index contributed by atoms with van der Waals surface area (Å²) in [6.07, 6.45) is 1.73. The number of nitrogens with one attached hydrogen (secondary N) is 5. The van der Waals surface area contributed by atoms with Gasteiger partial charge in [0.05, 0.1) is 102 Å². The van der Waals surface area contributed by atoms with E-state index in [4.69, 9.17) is 43.4 Å². The second-order valence-electron chi connectivity index (χ2n) is 31.4. The first-order valence-electron chi connectivity index (χ1n) is 43.5. The molecule has 700 valence electrons. The maximum absolute atomic E-state index is 12.5. The first-order valence-corrected chi connectivity index (χ1v) is 45.7. The van der Waals surface area contributed by atoms with Crippen molar-refractivity contribution in [2.24, 2.45) is 0 Å². The number of nitro benzene ring substituents is 2. The van der Waals surface area contributed by atoms with Crippen LogP contribution in [0.4, 0.5) is 56.9 Å². The van der Waals surface area contributed by atoms with Crippen molar-refractivity contribution in [1.29, 1.82) is 0 Å². The molecule has 34 heteroatoms. The van der Waals surface area contributed by atoms with E-state index in [0.29, 0.717) is 99.8 Å². The smallest absolute Gasteiger partial charge is 0.296 e. The van der Waals surface area contributed by atoms with Crippen LogP contribution in [-0.2, 0) is 12.8 Å². The first kappa shape index (κ1) is 97.3. The Bertz CT molecular complexity index is 7430. The Balaban J connectivity index is 0.000000139. The Morgan fingerprint density at radius 3 is 1.07 bits per heavy atom. The summed E-state index contributed by atoms with van der Waals surface area (Å²) >= 11 is 8.56. The number of nitro groups is 2. The summed E-state index contributed by atoms with van der Waals surface area (Å²) in [5.41, 5.74) is 39.2. The van der Waals surface area contributed by atoms with E-state index >= 15 is 0 Å². The fraction of sp³-hybridized carbons (Fsp3) is 0.105. The van der Waals surface area contributed by atoms with Gasteiger partial charge >= 0.3 is 0 Å². The van der Waals surface area contributed by atoms with E-state index < -0.39 is 9.85 Å². The van der Waals surface area contributed by atoms with Crippen LogP contribution in [-0.4, -0.2) is 103 Å². The van der Waals surface area contributed by atoms with Crippen LogP contribution in [0.25, 0.3) is 62.2 Å². The number of anilines is 8. The van der Waals surface area contributed by atoms with E-state index in [1.54, 1.807) is 158 Å². The Hall–Kier alpha value is -17.7. The van der Waals surface area contributed by atoms with Gasteiger partial charge in [0.15, 0.2) is 0 Å². The molecule has 139 heavy (non-hydrogen) atoms. The van der Waals surface area contributed by atoms with E-state index in [1.165, 1.54) is 39.5 Å². The number of benzene rings is 11. The number of carbonyl (C=O) groups is 5. The highest BCUT2D eigenvalue weighted by molar-refractivity contribution is 7.12. The minimum atomic E-state index is -0.491. The summed E-state index contributed by atoms with van der Waals surface area (Å²) in [6.45, 7) is 13.6. The predicted octanol–water partition coefficient (Wildman–Crippen LogP) is 22.6. The van der Waals surface area contributed by atoms with Gasteiger partial charge in [-0.05, 0) is 252 Å². The van der Waals surface area contributed by atoms with Crippen molar-refractivity contribution in [3.63, 3.8) is 0 Å². The zero-order valence-electron chi connectivity index (χ0n) is 76.8. The molecule has 0 spiro atoms. The van der Waals surface area contributed by atoms with Crippen molar-refractivity contribution < 1.29 is 43.3 Å². The number of amides is 5. The standard InChI is InChI=1S/C24H22N4O2.C21H16N4O3S.C21H18N4OS.C20H21ClN4O.C19H18N4O4/c1-16-14-23(17-6-4-3-5-7-17)28(27-16)22-13-10-19(15-21(22)25)26-24(29)18-8-11-20(30-2)12-9-18;1-14-12-17(15-6-3-2-4-7-15)23-24(14)18-10-9-16(13-19(18)25(27)28)22-21(26)20-8-5-11-29-20;1-14-12-18(15-6-3-2-4-7-15)24-25(14)19-10-9-16(13-17(19)22)23-21(26)20-8-5-11-27-20;1-3-15-11-17(4-2)25(24-15)19-10-9-16(12-18(19)22)23-20(26)13-5-7-14(21)8-6-13;1-12-10-13(2)22(21-12)17-9-6-15(11-18(17)23(25)26)20-19(24)14-4-7-16(27-3)8-5-14/h3-15H,25H2,1-2H3,(H,26,29);2-13H,1H3,(H,22,26);2-13H,22H2,1H3,(H,23,26);5-12H,3-4,22H2,1-2H3,(H,23,26);4-11H,1-3H3,(H,20,24). The van der Waals surface area contributed by atoms with E-state index in [9.17, 15) is 44.2 Å². The molecule has 0 unspecified atom stereocenters. The summed E-state index contributed by atoms with van der Waals surface area (Å²) in [5.74, 6) is 0.0914. The summed E-state index contributed by atoms with van der Waals surface area (Å²) in [5, 5.41) is 64.2. The highest BCUT2D eigenvalue weighted by Gasteiger charge is 2.25. The van der Waals surface area contributed by atoms with Crippen molar-refractivity contribution in [2.45, 2.75) is 61.3 Å². The van der Waals surface area contributed by atoms with Gasteiger partial charge in [-0.25, -0.2) is 23.4 Å². The predicted molar refractivity (Wildman–Crippen MR) is 549 cm³/mol. The number of nitrogen functional groups attached to an aromatic ring is 3. The number of methoxy groups -OCH3 is 2. The Morgan fingerprint density at radius 2 is 0.705 bits per heavy atom. The molecule has 18 rings (SSSR count). The van der Waals surface area contributed by atoms with Gasteiger partial charge in [0.1, 0.15) is 22.9 Å². The first-order chi connectivity index (χ1) is 67.1. The van der Waals surface area contributed by atoms with Crippen LogP contribution in [0.3, 0.4) is 0 Å². The number of hydrogen-bond donors (Lipinski definition) is 8. The molecular weight excluding hydrogens is 1820 g/mol. The number of rotatable bonds is 24. The molecular formula is C105H95ClN20O11S2. The van der Waals surface area contributed by atoms with Gasteiger partial charge in [0, 0.05) is 102 Å². The highest BCUT2D eigenvalue weighted by atomic mass is 35.5. The van der Waals surface area contributed by atoms with Crippen molar-refractivity contribution >= 4 is 121 Å². The number of carbonyl (C=O) groups excluding carboxylic acids is 5. The molecule has 0 radical (unpaired) electrons. The van der Waals surface area contributed by atoms with Crippen LogP contribution in [0.15, 0.2) is 320 Å². The molecule has 0 aliphatic heterocycles. The normalized spacial score (nSPS) is 10.6. The summed E-state index contributed by atoms with van der Waals surface area (Å²) in [7, 11) is 3.13. The average molecular weight is 1910 g/mol. The van der Waals surface area contributed by atoms with Crippen LogP contribution < -0.4 is 53.3 Å². The van der Waals surface area contributed by atoms with Crippen molar-refractivity contribution in [1.82, 2.24) is 48.9 Å². The summed E-state index contributed by atoms with van der Waals surface area (Å²) in [6, 6.07) is 92.2. The van der Waals surface area contributed by atoms with Gasteiger partial charge in [-0.3, -0.25) is 44.2 Å². The average Bonchev–Trinajstić information content (AvgIpc) is 1.69. The second-order valence-corrected chi connectivity index (χ2v) is 33.7. The lowest BCUT2D eigenvalue weighted by atomic mass is 10.1. The number of halogens is 1. The fourth-order valence-electron chi connectivity index (χ4n) is 14.6. The molecule has 7 aromatic heterocycles. The Morgan fingerprint density at radius 1 is 0.360 bits per heavy atom. The number of hydrogen-bond acceptors (Lipinski definition) is 21. The third-order valence-corrected chi connectivity index (χ3v) is 23.5. The highest BCUT2D eigenvalue weighted by Crippen LogP contribution is 2.36. The molecule has 11 aromatic carbocycles. The van der Waals surface area contributed by atoms with E-state index in [-0.39, 0.29) is 40.9 Å². The van der Waals surface area contributed by atoms with Crippen molar-refractivity contribution in [2.75, 3.05) is 58.0 Å². The lowest BCUT2D eigenvalue weighted by Gasteiger charge is -2.13. The van der Waals surface area contributed by atoms with E-state index in [1.807, 2.05) is 212 Å². The van der Waals surface area contributed by atoms with Gasteiger partial charge in [-0.2, -0.15) is 25.5 Å². The fourth-order valence-corrected chi connectivity index (χ4v) is 16.0. The summed E-state index contributed by atoms with van der Waals surface area (Å²) < 4.78 is 18.8. The van der Waals surface area contributed by atoms with Gasteiger partial charge in [0.25, 0.3) is 40.9 Å². The quantitative estimate of drug-likeness (QED) is 0.0158. The lowest BCUT2D eigenvalue weighted by molar-refractivity contribution is -0.384. The number of aromatic nitrogens is 10. The van der Waals surface area contributed by atoms with E-state index in [2.05, 4.69) is 66.9 Å². The minimum Gasteiger partial charge on any atom is -0.497 e. The van der Waals surface area contributed by atoms with Crippen molar-refractivity contribution in [3.8, 4) is 73.7 Å². The van der Waals surface area contributed by atoms with Crippen LogP contribution >= 0.6 is 34.3 Å².